The number of aromatic nitrogens is 5. The van der Waals surface area contributed by atoms with Crippen molar-refractivity contribution in [3.8, 4) is 5.82 Å². The van der Waals surface area contributed by atoms with E-state index in [0.717, 1.165) is 30.0 Å². The van der Waals surface area contributed by atoms with Crippen LogP contribution in [0.1, 0.15) is 25.2 Å². The zero-order chi connectivity index (χ0) is 22.0. The molecule has 31 heavy (non-hydrogen) atoms. The van der Waals surface area contributed by atoms with Crippen molar-refractivity contribution in [2.24, 2.45) is 10.1 Å². The fourth-order valence-electron chi connectivity index (χ4n) is 3.39. The molecular formula is C21H24N9O+. The second-order valence-electron chi connectivity index (χ2n) is 6.92. The minimum Gasteiger partial charge on any atom is -0.372 e. The summed E-state index contributed by atoms with van der Waals surface area (Å²) < 4.78 is 3.08. The van der Waals surface area contributed by atoms with E-state index in [1.54, 1.807) is 36.6 Å². The third kappa shape index (κ3) is 3.79. The molecule has 10 nitrogen and oxygen atoms in total. The number of hydrogen-bond acceptors (Lipinski definition) is 7. The first-order valence-electron chi connectivity index (χ1n) is 10.1. The summed E-state index contributed by atoms with van der Waals surface area (Å²) in [5.74, 6) is 0.671. The van der Waals surface area contributed by atoms with Crippen LogP contribution >= 0.6 is 0 Å². The third-order valence-corrected chi connectivity index (χ3v) is 5.05. The quantitative estimate of drug-likeness (QED) is 0.606. The molecule has 0 bridgehead atoms. The van der Waals surface area contributed by atoms with Crippen LogP contribution in [0.5, 0.6) is 0 Å². The van der Waals surface area contributed by atoms with Gasteiger partial charge in [0, 0.05) is 38.2 Å². The van der Waals surface area contributed by atoms with Crippen molar-refractivity contribution < 1.29 is 9.47 Å². The summed E-state index contributed by atoms with van der Waals surface area (Å²) in [4.78, 5) is 27.8. The SMILES string of the molecule is CCN(CC)c1ccc(N=C2C(C(=O)NC)=N[n+]3cn(-c4cnccn4)nc32)c(C)c1. The molecule has 10 heteroatoms. The molecule has 1 amide bonds. The van der Waals surface area contributed by atoms with Crippen molar-refractivity contribution in [2.45, 2.75) is 20.8 Å². The fraction of sp³-hybridized carbons (Fsp3) is 0.286. The first-order chi connectivity index (χ1) is 15.0. The van der Waals surface area contributed by atoms with E-state index in [1.807, 2.05) is 19.1 Å². The summed E-state index contributed by atoms with van der Waals surface area (Å²) in [5, 5.41) is 11.6. The number of nitrogens with zero attached hydrogens (tertiary/aromatic N) is 8. The van der Waals surface area contributed by atoms with Gasteiger partial charge in [-0.25, -0.2) is 9.98 Å². The molecule has 1 aliphatic rings. The van der Waals surface area contributed by atoms with Crippen LogP contribution in [0.4, 0.5) is 11.4 Å². The van der Waals surface area contributed by atoms with Gasteiger partial charge in [-0.15, -0.1) is 4.68 Å². The molecule has 0 aliphatic carbocycles. The molecule has 0 saturated heterocycles. The number of benzene rings is 1. The summed E-state index contributed by atoms with van der Waals surface area (Å²) in [6, 6.07) is 6.10. The van der Waals surface area contributed by atoms with Crippen molar-refractivity contribution in [3.05, 3.63) is 54.5 Å². The van der Waals surface area contributed by atoms with Crippen LogP contribution in [0.15, 0.2) is 53.2 Å². The summed E-state index contributed by atoms with van der Waals surface area (Å²) in [6.45, 7) is 8.12. The monoisotopic (exact) mass is 418 g/mol. The Morgan fingerprint density at radius 1 is 1.26 bits per heavy atom. The van der Waals surface area contributed by atoms with E-state index >= 15 is 0 Å². The van der Waals surface area contributed by atoms with E-state index < -0.39 is 0 Å². The van der Waals surface area contributed by atoms with Crippen molar-refractivity contribution in [1.29, 1.82) is 0 Å². The molecule has 158 valence electrons. The van der Waals surface area contributed by atoms with Crippen molar-refractivity contribution in [1.82, 2.24) is 25.1 Å². The van der Waals surface area contributed by atoms with E-state index in [0.29, 0.717) is 17.4 Å². The number of carbonyl (C=O) groups excluding carboxylic acids is 1. The third-order valence-electron chi connectivity index (χ3n) is 5.05. The number of fused-ring (bicyclic) bond motifs is 1. The maximum atomic E-state index is 12.4. The normalized spacial score (nSPS) is 13.8. The number of nitrogens with one attached hydrogen (secondary N) is 1. The molecule has 3 heterocycles. The molecule has 0 fully saturated rings. The average molecular weight is 418 g/mol. The van der Waals surface area contributed by atoms with Gasteiger partial charge < -0.3 is 10.2 Å². The van der Waals surface area contributed by atoms with Gasteiger partial charge in [-0.1, -0.05) is 9.78 Å². The van der Waals surface area contributed by atoms with Gasteiger partial charge in [-0.05, 0) is 44.5 Å². The Labute approximate surface area is 180 Å². The van der Waals surface area contributed by atoms with Crippen molar-refractivity contribution >= 4 is 28.7 Å². The van der Waals surface area contributed by atoms with Gasteiger partial charge in [0.25, 0.3) is 12.2 Å². The zero-order valence-corrected chi connectivity index (χ0v) is 17.9. The van der Waals surface area contributed by atoms with Crippen LogP contribution in [0.25, 0.3) is 5.82 Å². The van der Waals surface area contributed by atoms with E-state index in [9.17, 15) is 4.79 Å². The lowest BCUT2D eigenvalue weighted by molar-refractivity contribution is -0.677. The molecule has 0 saturated carbocycles. The molecule has 3 aromatic rings. The summed E-state index contributed by atoms with van der Waals surface area (Å²) in [5.41, 5.74) is 3.51. The Balaban J connectivity index is 1.78. The Bertz CT molecular complexity index is 1180. The van der Waals surface area contributed by atoms with E-state index in [1.165, 1.54) is 4.68 Å². The number of carbonyl (C=O) groups is 1. The van der Waals surface area contributed by atoms with Crippen LogP contribution in [-0.4, -0.2) is 57.2 Å². The number of aryl methyl sites for hydroxylation is 1. The first kappa shape index (κ1) is 20.3. The fourth-order valence-corrected chi connectivity index (χ4v) is 3.39. The molecule has 4 rings (SSSR count). The lowest BCUT2D eigenvalue weighted by Gasteiger charge is -2.21. The topological polar surface area (TPSA) is 105 Å². The lowest BCUT2D eigenvalue weighted by atomic mass is 10.1. The number of anilines is 1. The van der Waals surface area contributed by atoms with Crippen molar-refractivity contribution in [2.75, 3.05) is 25.0 Å². The molecule has 1 aromatic carbocycles. The number of rotatable bonds is 6. The highest BCUT2D eigenvalue weighted by Crippen LogP contribution is 2.26. The molecule has 2 aromatic heterocycles. The van der Waals surface area contributed by atoms with Gasteiger partial charge in [0.05, 0.1) is 17.0 Å². The van der Waals surface area contributed by atoms with E-state index in [4.69, 9.17) is 4.99 Å². The van der Waals surface area contributed by atoms with Gasteiger partial charge in [-0.2, -0.15) is 0 Å². The highest BCUT2D eigenvalue weighted by molar-refractivity contribution is 6.70. The summed E-state index contributed by atoms with van der Waals surface area (Å²) >= 11 is 0. The summed E-state index contributed by atoms with van der Waals surface area (Å²) in [6.07, 6.45) is 6.41. The number of hydrogen-bond donors (Lipinski definition) is 1. The molecule has 0 radical (unpaired) electrons. The van der Waals surface area contributed by atoms with Gasteiger partial charge >= 0.3 is 5.82 Å². The lowest BCUT2D eigenvalue weighted by Crippen LogP contribution is -2.32. The van der Waals surface area contributed by atoms with Crippen LogP contribution in [0, 0.1) is 6.92 Å². The largest absolute Gasteiger partial charge is 0.372 e. The second-order valence-corrected chi connectivity index (χ2v) is 6.92. The van der Waals surface area contributed by atoms with E-state index in [2.05, 4.69) is 50.3 Å². The predicted octanol–water partition coefficient (Wildman–Crippen LogP) is 1.19. The van der Waals surface area contributed by atoms with Crippen LogP contribution in [0.3, 0.4) is 0 Å². The van der Waals surface area contributed by atoms with Gasteiger partial charge in [0.15, 0.2) is 11.4 Å². The molecule has 1 aliphatic heterocycles. The first-order valence-corrected chi connectivity index (χ1v) is 10.1. The standard InChI is InChI=1S/C21H23N9O/c1-5-28(6-2)15-7-8-16(14(3)11-15)25-18-19(21(31)22-4)26-30-13-29(27-20(18)30)17-12-23-9-10-24-17/h7-13H,5-6H2,1-4H3/p+1. The Kier molecular flexibility index (Phi) is 5.52. The number of amides is 1. The summed E-state index contributed by atoms with van der Waals surface area (Å²) in [7, 11) is 1.56. The Morgan fingerprint density at radius 3 is 2.71 bits per heavy atom. The van der Waals surface area contributed by atoms with Crippen LogP contribution in [-0.2, 0) is 4.79 Å². The van der Waals surface area contributed by atoms with Crippen molar-refractivity contribution in [3.63, 3.8) is 0 Å². The Hall–Kier alpha value is -3.95. The highest BCUT2D eigenvalue weighted by Gasteiger charge is 2.37. The molecular weight excluding hydrogens is 394 g/mol. The number of aliphatic imine (C=N–C) groups is 1. The maximum Gasteiger partial charge on any atom is 0.354 e. The maximum absolute atomic E-state index is 12.4. The van der Waals surface area contributed by atoms with Crippen LogP contribution < -0.4 is 14.9 Å². The predicted molar refractivity (Wildman–Crippen MR) is 117 cm³/mol. The smallest absolute Gasteiger partial charge is 0.354 e. The molecule has 1 N–H and O–H groups in total. The van der Waals surface area contributed by atoms with Gasteiger partial charge in [-0.3, -0.25) is 9.78 Å². The second kappa shape index (κ2) is 8.42. The minimum atomic E-state index is -0.326. The molecule has 0 atom stereocenters. The minimum absolute atomic E-state index is 0.212. The van der Waals surface area contributed by atoms with Gasteiger partial charge in [0.1, 0.15) is 0 Å². The molecule has 0 spiro atoms. The average Bonchev–Trinajstić information content (AvgIpc) is 3.35. The van der Waals surface area contributed by atoms with Crippen LogP contribution in [0.2, 0.25) is 0 Å². The zero-order valence-electron chi connectivity index (χ0n) is 17.9. The molecule has 0 unspecified atom stereocenters. The van der Waals surface area contributed by atoms with E-state index in [-0.39, 0.29) is 11.6 Å². The van der Waals surface area contributed by atoms with Gasteiger partial charge in [0.2, 0.25) is 5.82 Å². The highest BCUT2D eigenvalue weighted by atomic mass is 16.2. The Morgan fingerprint density at radius 2 is 2.06 bits per heavy atom.